The summed E-state index contributed by atoms with van der Waals surface area (Å²) in [6.07, 6.45) is 0. The molecule has 0 N–H and O–H groups in total. The first-order valence-corrected chi connectivity index (χ1v) is 49.2. The molecule has 0 atom stereocenters. The first-order valence-electron chi connectivity index (χ1n) is 47.5. The number of nitrogens with zero attached hydrogens (tertiary/aromatic N) is 12. The minimum absolute atomic E-state index is 0.831. The van der Waals surface area contributed by atoms with E-state index in [0.717, 1.165) is 183 Å². The molecule has 21 aromatic carbocycles. The summed E-state index contributed by atoms with van der Waals surface area (Å²) in [5.74, 6) is 5.09. The lowest BCUT2D eigenvalue weighted by atomic mass is 9.97. The van der Waals surface area contributed by atoms with E-state index in [4.69, 9.17) is 34.3 Å². The van der Waals surface area contributed by atoms with Crippen LogP contribution in [0.15, 0.2) is 441 Å². The van der Waals surface area contributed by atoms with E-state index in [0.29, 0.717) is 0 Å². The highest BCUT2D eigenvalue weighted by atomic mass is 32.1. The summed E-state index contributed by atoms with van der Waals surface area (Å²) in [5, 5.41) is 25.4. The maximum atomic E-state index is 6.44. The van der Waals surface area contributed by atoms with E-state index < -0.39 is 0 Å². The molecular weight excluding hydrogens is 1760 g/mol. The number of fused-ring (bicyclic) bond motifs is 42. The van der Waals surface area contributed by atoms with Crippen LogP contribution in [0, 0.1) is 0 Å². The minimum atomic E-state index is 0.831. The van der Waals surface area contributed by atoms with Crippen LogP contribution in [-0.4, -0.2) is 56.8 Å². The Morgan fingerprint density at radius 1 is 0.184 bits per heavy atom. The van der Waals surface area contributed by atoms with E-state index >= 15 is 0 Å². The van der Waals surface area contributed by atoms with Crippen LogP contribution in [0.25, 0.3) is 294 Å². The van der Waals surface area contributed by atoms with Gasteiger partial charge in [-0.05, 0) is 216 Å². The van der Waals surface area contributed by atoms with Crippen LogP contribution < -0.4 is 0 Å². The number of para-hydroxylation sites is 8. The van der Waals surface area contributed by atoms with Gasteiger partial charge in [-0.1, -0.05) is 297 Å². The molecule has 0 spiro atoms. The third-order valence-electron chi connectivity index (χ3n) is 29.1. The molecule has 0 saturated carbocycles. The molecule has 0 radical (unpaired) electrons. The summed E-state index contributed by atoms with van der Waals surface area (Å²) >= 11 is 3.72. The minimum Gasteiger partial charge on any atom is -0.455 e. The monoisotopic (exact) mass is 1830 g/mol. The van der Waals surface area contributed by atoms with Crippen LogP contribution in [0.4, 0.5) is 0 Å². The van der Waals surface area contributed by atoms with E-state index in [1.165, 1.54) is 111 Å². The van der Waals surface area contributed by atoms with Gasteiger partial charge in [-0.3, -0.25) is 26.9 Å². The molecule has 33 rings (SSSR count). The van der Waals surface area contributed by atoms with Crippen molar-refractivity contribution in [3.05, 3.63) is 437 Å². The van der Waals surface area contributed by atoms with Crippen LogP contribution >= 0.6 is 22.7 Å². The van der Waals surface area contributed by atoms with Gasteiger partial charge in [-0.15, -0.1) is 22.7 Å². The van der Waals surface area contributed by atoms with Crippen molar-refractivity contribution in [3.63, 3.8) is 0 Å². The molecule has 0 aliphatic heterocycles. The molecule has 0 bridgehead atoms. The number of imidazole rings is 6. The number of benzene rings is 21. The predicted molar refractivity (Wildman–Crippen MR) is 589 cm³/mol. The number of aromatic nitrogens is 12. The van der Waals surface area contributed by atoms with E-state index in [1.54, 1.807) is 0 Å². The number of furan rings is 1. The predicted octanol–water partition coefficient (Wildman–Crippen LogP) is 33.5. The molecule has 0 aliphatic rings. The first-order chi connectivity index (χ1) is 69.9. The molecule has 0 saturated heterocycles. The molecule has 654 valence electrons. The quantitative estimate of drug-likeness (QED) is 0.152. The van der Waals surface area contributed by atoms with Crippen molar-refractivity contribution in [2.24, 2.45) is 0 Å². The fraction of sp³-hybridized carbons (Fsp3) is 0. The number of rotatable bonds is 6. The van der Waals surface area contributed by atoms with E-state index in [-0.39, 0.29) is 0 Å². The number of hydrogen-bond acceptors (Lipinski definition) is 9. The first kappa shape index (κ1) is 77.7. The summed E-state index contributed by atoms with van der Waals surface area (Å²) in [5.41, 5.74) is 24.3. The van der Waals surface area contributed by atoms with Gasteiger partial charge in [0.15, 0.2) is 0 Å². The van der Waals surface area contributed by atoms with Crippen LogP contribution in [0.5, 0.6) is 0 Å². The van der Waals surface area contributed by atoms with Gasteiger partial charge >= 0.3 is 0 Å². The summed E-state index contributed by atoms with van der Waals surface area (Å²) < 4.78 is 25.2. The number of pyridine rings is 3. The summed E-state index contributed by atoms with van der Waals surface area (Å²) in [6, 6.07) is 156. The van der Waals surface area contributed by atoms with Gasteiger partial charge in [0.1, 0.15) is 28.6 Å². The van der Waals surface area contributed by atoms with Gasteiger partial charge in [0.05, 0.1) is 82.8 Å². The highest BCUT2D eigenvalue weighted by Crippen LogP contribution is 2.48. The van der Waals surface area contributed by atoms with E-state index in [1.807, 2.05) is 40.9 Å². The summed E-state index contributed by atoms with van der Waals surface area (Å²) in [4.78, 5) is 31.8. The lowest BCUT2D eigenvalue weighted by molar-refractivity contribution is 0.670. The third-order valence-corrected chi connectivity index (χ3v) is 31.5. The molecule has 0 unspecified atom stereocenters. The Labute approximate surface area is 808 Å². The van der Waals surface area contributed by atoms with Crippen molar-refractivity contribution in [3.8, 4) is 50.8 Å². The van der Waals surface area contributed by atoms with Crippen LogP contribution in [0.3, 0.4) is 0 Å². The average Bonchev–Trinajstić information content (AvgIpc) is 1.54. The highest BCUT2D eigenvalue weighted by molar-refractivity contribution is 7.26. The summed E-state index contributed by atoms with van der Waals surface area (Å²) in [6.45, 7) is 0. The molecule has 0 fully saturated rings. The van der Waals surface area contributed by atoms with Crippen molar-refractivity contribution < 1.29 is 4.42 Å². The van der Waals surface area contributed by atoms with Gasteiger partial charge in [0.2, 0.25) is 17.3 Å². The van der Waals surface area contributed by atoms with Gasteiger partial charge in [0, 0.05) is 89.0 Å². The van der Waals surface area contributed by atoms with Crippen molar-refractivity contribution in [2.45, 2.75) is 0 Å². The Bertz CT molecular complexity index is 10700. The zero-order valence-electron chi connectivity index (χ0n) is 75.2. The van der Waals surface area contributed by atoms with Crippen LogP contribution in [0.2, 0.25) is 0 Å². The maximum absolute atomic E-state index is 6.44. The second kappa shape index (κ2) is 30.0. The lowest BCUT2D eigenvalue weighted by Gasteiger charge is -2.12. The standard InChI is InChI=1S/C42H24N4O.2C42H24N4S/c2*1-2-12-29-27(10-1)28-11-3-4-14-31(28)40-32(29)21-23-39(44-40)46-36-22-20-25(24-37(36)45-35-18-7-6-17-34(35)43-42(45)46)26-15-9-16-33-30-13-5-8-19-38(30)47-41(26)33;1-2-11-29-27(9-1)28-10-3-4-13-31(28)41-32(29)19-22-40(44-41)46-36-20-17-26(24-37(36)45-35-15-7-6-14-34(35)43-42(45)46)25-18-21-39-33(23-25)30-12-5-8-16-38(30)47-39/h3*1-24H. The van der Waals surface area contributed by atoms with Crippen molar-refractivity contribution in [1.29, 1.82) is 0 Å². The normalized spacial score (nSPS) is 12.3. The Morgan fingerprint density at radius 3 is 0.950 bits per heavy atom. The SMILES string of the molecule is c1ccc2c(c1)nc1n(-c3ccc4c5ccccc5c5ccccc5c4n3)c3ccc(-c4ccc5sc6ccccc6c5c4)cc3n21.c1ccc2c(c1)nc1n(-c3ccc4c5ccccc5c5ccccc5c4n3)c3ccc(-c4cccc5c4oc4ccccc45)cc3n21.c1ccc2c(c1)nc1n(-c3ccc4c5ccccc5c5ccccc5c4n3)c3ccc(-c4cccc5c4sc4ccccc45)cc3n21. The molecule has 33 aromatic rings. The largest absolute Gasteiger partial charge is 0.455 e. The third kappa shape index (κ3) is 11.5. The van der Waals surface area contributed by atoms with Crippen molar-refractivity contribution >= 4 is 266 Å². The van der Waals surface area contributed by atoms with E-state index in [2.05, 4.69) is 445 Å². The molecular formula is C126H72N12OS2. The van der Waals surface area contributed by atoms with Crippen molar-refractivity contribution in [2.75, 3.05) is 0 Å². The van der Waals surface area contributed by atoms with Gasteiger partial charge in [-0.25, -0.2) is 29.9 Å². The zero-order chi connectivity index (χ0) is 91.9. The molecule has 0 amide bonds. The van der Waals surface area contributed by atoms with Crippen LogP contribution in [0.1, 0.15) is 0 Å². The van der Waals surface area contributed by atoms with Gasteiger partial charge in [-0.2, -0.15) is 0 Å². The summed E-state index contributed by atoms with van der Waals surface area (Å²) in [7, 11) is 0. The van der Waals surface area contributed by atoms with Crippen LogP contribution in [-0.2, 0) is 0 Å². The van der Waals surface area contributed by atoms with E-state index in [9.17, 15) is 0 Å². The Morgan fingerprint density at radius 2 is 0.496 bits per heavy atom. The molecule has 12 heterocycles. The highest BCUT2D eigenvalue weighted by Gasteiger charge is 2.27. The lowest BCUT2D eigenvalue weighted by Crippen LogP contribution is -1.99. The Balaban J connectivity index is 0.0000000972. The molecule has 141 heavy (non-hydrogen) atoms. The smallest absolute Gasteiger partial charge is 0.221 e. The zero-order valence-corrected chi connectivity index (χ0v) is 76.8. The average molecular weight is 1830 g/mol. The van der Waals surface area contributed by atoms with Gasteiger partial charge in [0.25, 0.3) is 0 Å². The Kier molecular flexibility index (Phi) is 16.5. The number of hydrogen-bond donors (Lipinski definition) is 0. The van der Waals surface area contributed by atoms with Gasteiger partial charge < -0.3 is 4.42 Å². The number of thiophene rings is 2. The Hall–Kier alpha value is -18.5. The molecule has 15 heteroatoms. The molecule has 12 aromatic heterocycles. The topological polar surface area (TPSA) is 119 Å². The second-order valence-electron chi connectivity index (χ2n) is 36.7. The fourth-order valence-electron chi connectivity index (χ4n) is 22.9. The second-order valence-corrected chi connectivity index (χ2v) is 38.8. The fourth-order valence-corrected chi connectivity index (χ4v) is 25.2. The maximum Gasteiger partial charge on any atom is 0.221 e. The molecule has 13 nitrogen and oxygen atoms in total. The molecule has 0 aliphatic carbocycles. The van der Waals surface area contributed by atoms with Crippen molar-refractivity contribution in [1.82, 2.24) is 56.8 Å².